The number of nitrogens with zero attached hydrogens (tertiary/aromatic N) is 4. The Kier molecular flexibility index (Phi) is 4.94. The van der Waals surface area contributed by atoms with Crippen molar-refractivity contribution in [2.24, 2.45) is 0 Å². The van der Waals surface area contributed by atoms with E-state index in [9.17, 15) is 4.79 Å². The van der Waals surface area contributed by atoms with Gasteiger partial charge in [-0.25, -0.2) is 9.97 Å². The summed E-state index contributed by atoms with van der Waals surface area (Å²) in [5, 5.41) is 1.69. The topological polar surface area (TPSA) is 59.0 Å². The van der Waals surface area contributed by atoms with Gasteiger partial charge in [0.15, 0.2) is 10.1 Å². The first-order chi connectivity index (χ1) is 14.6. The summed E-state index contributed by atoms with van der Waals surface area (Å²) in [6.07, 6.45) is 1.72. The van der Waals surface area contributed by atoms with Crippen molar-refractivity contribution < 1.29 is 4.79 Å². The van der Waals surface area contributed by atoms with Gasteiger partial charge in [-0.2, -0.15) is 0 Å². The quantitative estimate of drug-likeness (QED) is 0.331. The van der Waals surface area contributed by atoms with Gasteiger partial charge in [-0.1, -0.05) is 41.1 Å². The minimum atomic E-state index is -0.190. The van der Waals surface area contributed by atoms with Crippen LogP contribution in [-0.4, -0.2) is 20.9 Å². The maximum absolute atomic E-state index is 13.5. The highest BCUT2D eigenvalue weighted by Gasteiger charge is 2.25. The molecule has 0 atom stereocenters. The molecule has 0 aliphatic carbocycles. The number of carbonyl (C=O) groups excluding carboxylic acids is 1. The molecule has 0 fully saturated rings. The van der Waals surface area contributed by atoms with Gasteiger partial charge in [0.1, 0.15) is 0 Å². The maximum Gasteiger partial charge on any atom is 0.289 e. The lowest BCUT2D eigenvalue weighted by atomic mass is 10.2. The van der Waals surface area contributed by atoms with Crippen LogP contribution >= 0.6 is 34.3 Å². The predicted octanol–water partition coefficient (Wildman–Crippen LogP) is 6.11. The lowest BCUT2D eigenvalue weighted by Crippen LogP contribution is -2.30. The van der Waals surface area contributed by atoms with Crippen molar-refractivity contribution in [1.82, 2.24) is 15.0 Å². The third-order valence-electron chi connectivity index (χ3n) is 4.64. The third-order valence-corrected chi connectivity index (χ3v) is 6.91. The molecule has 3 aromatic heterocycles. The van der Waals surface area contributed by atoms with E-state index < -0.39 is 0 Å². The van der Waals surface area contributed by atoms with Gasteiger partial charge in [0.2, 0.25) is 0 Å². The number of anilines is 1. The van der Waals surface area contributed by atoms with E-state index in [4.69, 9.17) is 16.6 Å². The van der Waals surface area contributed by atoms with Crippen molar-refractivity contribution in [2.75, 3.05) is 4.90 Å². The molecular weight excluding hydrogens is 436 g/mol. The van der Waals surface area contributed by atoms with Crippen LogP contribution in [0.5, 0.6) is 0 Å². The molecule has 0 unspecified atom stereocenters. The summed E-state index contributed by atoms with van der Waals surface area (Å²) in [5.74, 6) is -0.190. The molecule has 5 rings (SSSR count). The second-order valence-electron chi connectivity index (χ2n) is 6.76. The first-order valence-electron chi connectivity index (χ1n) is 9.22. The summed E-state index contributed by atoms with van der Waals surface area (Å²) in [4.78, 5) is 28.9. The average molecular weight is 451 g/mol. The molecular formula is C22H15ClN4OS2. The zero-order valence-electron chi connectivity index (χ0n) is 15.9. The van der Waals surface area contributed by atoms with Crippen LogP contribution in [0.3, 0.4) is 0 Å². The summed E-state index contributed by atoms with van der Waals surface area (Å²) in [6, 6.07) is 17.2. The third kappa shape index (κ3) is 3.56. The van der Waals surface area contributed by atoms with Crippen molar-refractivity contribution in [1.29, 1.82) is 0 Å². The molecule has 0 bridgehead atoms. The number of carbonyl (C=O) groups is 1. The van der Waals surface area contributed by atoms with Crippen LogP contribution in [0.1, 0.15) is 21.1 Å². The standard InChI is InChI=1S/C22H15ClN4OS2/c1-13-10-14(23)11-18-19(13)26-22(30-18)27(12-15-6-4-5-9-24-15)21(28)20-25-16-7-2-3-8-17(16)29-20/h2-11H,12H2,1H3. The van der Waals surface area contributed by atoms with Crippen LogP contribution in [0, 0.1) is 6.92 Å². The summed E-state index contributed by atoms with van der Waals surface area (Å²) < 4.78 is 1.92. The van der Waals surface area contributed by atoms with Crippen molar-refractivity contribution >= 4 is 65.7 Å². The molecule has 0 spiro atoms. The molecule has 30 heavy (non-hydrogen) atoms. The van der Waals surface area contributed by atoms with Crippen molar-refractivity contribution in [3.05, 3.63) is 82.1 Å². The van der Waals surface area contributed by atoms with Crippen molar-refractivity contribution in [2.45, 2.75) is 13.5 Å². The number of rotatable bonds is 4. The normalized spacial score (nSPS) is 11.3. The number of aromatic nitrogens is 3. The number of amides is 1. The molecule has 148 valence electrons. The molecule has 0 radical (unpaired) electrons. The molecule has 0 saturated carbocycles. The Hall–Kier alpha value is -2.87. The Bertz CT molecular complexity index is 1350. The second kappa shape index (κ2) is 7.75. The van der Waals surface area contributed by atoms with E-state index in [1.165, 1.54) is 22.7 Å². The number of fused-ring (bicyclic) bond motifs is 2. The Morgan fingerprint density at radius 2 is 1.87 bits per heavy atom. The van der Waals surface area contributed by atoms with Gasteiger partial charge >= 0.3 is 0 Å². The Balaban J connectivity index is 1.61. The van der Waals surface area contributed by atoms with E-state index in [1.807, 2.05) is 61.5 Å². The van der Waals surface area contributed by atoms with Gasteiger partial charge in [0.25, 0.3) is 5.91 Å². The van der Waals surface area contributed by atoms with Crippen LogP contribution < -0.4 is 4.90 Å². The molecule has 5 nitrogen and oxygen atoms in total. The smallest absolute Gasteiger partial charge is 0.276 e. The number of halogens is 1. The maximum atomic E-state index is 13.5. The lowest BCUT2D eigenvalue weighted by molar-refractivity contribution is 0.0984. The Morgan fingerprint density at radius 1 is 1.03 bits per heavy atom. The number of benzene rings is 2. The van der Waals surface area contributed by atoms with Crippen molar-refractivity contribution in [3.63, 3.8) is 0 Å². The Labute approximate surface area is 185 Å². The largest absolute Gasteiger partial charge is 0.289 e. The SMILES string of the molecule is Cc1cc(Cl)cc2sc(N(Cc3ccccn3)C(=O)c3nc4ccccc4s3)nc12. The average Bonchev–Trinajstić information content (AvgIpc) is 3.36. The number of aryl methyl sites for hydroxylation is 1. The molecule has 2 aromatic carbocycles. The van der Waals surface area contributed by atoms with Crippen LogP contribution in [0.2, 0.25) is 5.02 Å². The minimum Gasteiger partial charge on any atom is -0.276 e. The van der Waals surface area contributed by atoms with E-state index in [-0.39, 0.29) is 5.91 Å². The molecule has 8 heteroatoms. The van der Waals surface area contributed by atoms with Gasteiger partial charge in [-0.15, -0.1) is 11.3 Å². The molecule has 0 saturated heterocycles. The molecule has 0 aliphatic rings. The van der Waals surface area contributed by atoms with Crippen LogP contribution in [0.15, 0.2) is 60.8 Å². The fourth-order valence-electron chi connectivity index (χ4n) is 3.22. The van der Waals surface area contributed by atoms with E-state index >= 15 is 0 Å². The summed E-state index contributed by atoms with van der Waals surface area (Å²) >= 11 is 9.05. The van der Waals surface area contributed by atoms with E-state index in [1.54, 1.807) is 11.1 Å². The molecule has 3 heterocycles. The lowest BCUT2D eigenvalue weighted by Gasteiger charge is -2.18. The van der Waals surface area contributed by atoms with Crippen LogP contribution in [-0.2, 0) is 6.54 Å². The van der Waals surface area contributed by atoms with E-state index in [2.05, 4.69) is 9.97 Å². The highest BCUT2D eigenvalue weighted by atomic mass is 35.5. The second-order valence-corrected chi connectivity index (χ2v) is 9.24. The summed E-state index contributed by atoms with van der Waals surface area (Å²) in [7, 11) is 0. The predicted molar refractivity (Wildman–Crippen MR) is 124 cm³/mol. The highest BCUT2D eigenvalue weighted by Crippen LogP contribution is 2.35. The van der Waals surface area contributed by atoms with Gasteiger partial charge in [-0.3, -0.25) is 14.7 Å². The van der Waals surface area contributed by atoms with E-state index in [0.717, 1.165) is 31.7 Å². The number of pyridine rings is 1. The molecule has 1 amide bonds. The fraction of sp³-hybridized carbons (Fsp3) is 0.0909. The molecule has 0 N–H and O–H groups in total. The fourth-order valence-corrected chi connectivity index (χ4v) is 5.55. The number of para-hydroxylation sites is 1. The zero-order valence-corrected chi connectivity index (χ0v) is 18.3. The van der Waals surface area contributed by atoms with Gasteiger partial charge in [-0.05, 0) is 48.9 Å². The first kappa shape index (κ1) is 19.1. The molecule has 0 aliphatic heterocycles. The van der Waals surface area contributed by atoms with Gasteiger partial charge in [0, 0.05) is 11.2 Å². The summed E-state index contributed by atoms with van der Waals surface area (Å²) in [6.45, 7) is 2.28. The first-order valence-corrected chi connectivity index (χ1v) is 11.2. The highest BCUT2D eigenvalue weighted by molar-refractivity contribution is 7.23. The monoisotopic (exact) mass is 450 g/mol. The zero-order chi connectivity index (χ0) is 20.7. The number of hydrogen-bond acceptors (Lipinski definition) is 6. The molecule has 5 aromatic rings. The summed E-state index contributed by atoms with van der Waals surface area (Å²) in [5.41, 5.74) is 3.42. The number of hydrogen-bond donors (Lipinski definition) is 0. The van der Waals surface area contributed by atoms with Crippen LogP contribution in [0.4, 0.5) is 5.13 Å². The Morgan fingerprint density at radius 3 is 2.67 bits per heavy atom. The van der Waals surface area contributed by atoms with Gasteiger partial charge in [0.05, 0.1) is 32.7 Å². The van der Waals surface area contributed by atoms with E-state index in [0.29, 0.717) is 21.7 Å². The van der Waals surface area contributed by atoms with Crippen molar-refractivity contribution in [3.8, 4) is 0 Å². The minimum absolute atomic E-state index is 0.190. The van der Waals surface area contributed by atoms with Gasteiger partial charge < -0.3 is 0 Å². The number of thiazole rings is 2. The van der Waals surface area contributed by atoms with Crippen LogP contribution in [0.25, 0.3) is 20.4 Å².